The first-order valence-corrected chi connectivity index (χ1v) is 4.94. The fourth-order valence-electron chi connectivity index (χ4n) is 1.72. The van der Waals surface area contributed by atoms with E-state index in [1.165, 1.54) is 0 Å². The fraction of sp³-hybridized carbons (Fsp3) is 1.00. The zero-order valence-corrected chi connectivity index (χ0v) is 8.92. The summed E-state index contributed by atoms with van der Waals surface area (Å²) in [6.45, 7) is 7.06. The highest BCUT2D eigenvalue weighted by Gasteiger charge is 2.25. The summed E-state index contributed by atoms with van der Waals surface area (Å²) in [5.41, 5.74) is -0.00264. The number of hydrogen-bond donors (Lipinski definition) is 1. The second-order valence-corrected chi connectivity index (χ2v) is 4.75. The Morgan fingerprint density at radius 3 is 2.69 bits per heavy atom. The molecule has 3 nitrogen and oxygen atoms in total. The molecule has 13 heavy (non-hydrogen) atoms. The standard InChI is InChI=1S/C10H21NO2/c1-10(2,8-12)7-11(3)9-4-5-13-6-9/h9,12H,4-8H2,1-3H3. The van der Waals surface area contributed by atoms with E-state index in [2.05, 4.69) is 25.8 Å². The zero-order valence-electron chi connectivity index (χ0n) is 8.92. The van der Waals surface area contributed by atoms with E-state index in [1.807, 2.05) is 0 Å². The summed E-state index contributed by atoms with van der Waals surface area (Å²) in [6.07, 6.45) is 1.12. The van der Waals surface area contributed by atoms with Crippen LogP contribution >= 0.6 is 0 Å². The van der Waals surface area contributed by atoms with Gasteiger partial charge in [-0.1, -0.05) is 13.8 Å². The SMILES string of the molecule is CN(CC(C)(C)CO)C1CCOC1. The largest absolute Gasteiger partial charge is 0.396 e. The van der Waals surface area contributed by atoms with Crippen molar-refractivity contribution in [2.45, 2.75) is 26.3 Å². The molecule has 1 N–H and O–H groups in total. The predicted molar refractivity (Wildman–Crippen MR) is 52.7 cm³/mol. The molecule has 1 aliphatic heterocycles. The summed E-state index contributed by atoms with van der Waals surface area (Å²) >= 11 is 0. The third-order valence-electron chi connectivity index (χ3n) is 2.63. The molecule has 1 atom stereocenters. The molecular weight excluding hydrogens is 166 g/mol. The Kier molecular flexibility index (Phi) is 3.71. The highest BCUT2D eigenvalue weighted by atomic mass is 16.5. The summed E-state index contributed by atoms with van der Waals surface area (Å²) in [7, 11) is 2.11. The lowest BCUT2D eigenvalue weighted by atomic mass is 9.93. The van der Waals surface area contributed by atoms with Crippen LogP contribution in [0.25, 0.3) is 0 Å². The van der Waals surface area contributed by atoms with Crippen molar-refractivity contribution in [2.75, 3.05) is 33.4 Å². The Balaban J connectivity index is 2.35. The van der Waals surface area contributed by atoms with Crippen LogP contribution in [0.4, 0.5) is 0 Å². The van der Waals surface area contributed by atoms with E-state index in [0.717, 1.165) is 26.2 Å². The molecular formula is C10H21NO2. The Morgan fingerprint density at radius 2 is 2.23 bits per heavy atom. The van der Waals surface area contributed by atoms with Crippen molar-refractivity contribution >= 4 is 0 Å². The van der Waals surface area contributed by atoms with Gasteiger partial charge < -0.3 is 14.7 Å². The van der Waals surface area contributed by atoms with Crippen LogP contribution in [0.1, 0.15) is 20.3 Å². The summed E-state index contributed by atoms with van der Waals surface area (Å²) in [5.74, 6) is 0. The van der Waals surface area contributed by atoms with E-state index in [1.54, 1.807) is 0 Å². The van der Waals surface area contributed by atoms with Gasteiger partial charge in [-0.15, -0.1) is 0 Å². The molecule has 0 amide bonds. The minimum atomic E-state index is -0.00264. The molecule has 1 fully saturated rings. The quantitative estimate of drug-likeness (QED) is 0.704. The summed E-state index contributed by atoms with van der Waals surface area (Å²) in [4.78, 5) is 2.29. The maximum atomic E-state index is 9.13. The summed E-state index contributed by atoms with van der Waals surface area (Å²) in [5, 5.41) is 9.13. The Bertz CT molecular complexity index is 153. The van der Waals surface area contributed by atoms with Crippen molar-refractivity contribution in [3.63, 3.8) is 0 Å². The van der Waals surface area contributed by atoms with Crippen LogP contribution in [0.5, 0.6) is 0 Å². The molecule has 0 radical (unpaired) electrons. The van der Waals surface area contributed by atoms with Gasteiger partial charge in [-0.3, -0.25) is 0 Å². The fourth-order valence-corrected chi connectivity index (χ4v) is 1.72. The van der Waals surface area contributed by atoms with Gasteiger partial charge in [0.2, 0.25) is 0 Å². The van der Waals surface area contributed by atoms with Crippen molar-refractivity contribution in [3.8, 4) is 0 Å². The third-order valence-corrected chi connectivity index (χ3v) is 2.63. The van der Waals surface area contributed by atoms with Gasteiger partial charge in [0.1, 0.15) is 0 Å². The number of likely N-dealkylation sites (N-methyl/N-ethyl adjacent to an activating group) is 1. The molecule has 0 bridgehead atoms. The second kappa shape index (κ2) is 4.40. The average Bonchev–Trinajstić information content (AvgIpc) is 2.55. The van der Waals surface area contributed by atoms with Crippen LogP contribution in [0, 0.1) is 5.41 Å². The zero-order chi connectivity index (χ0) is 9.90. The molecule has 0 aromatic carbocycles. The van der Waals surface area contributed by atoms with Crippen LogP contribution in [-0.2, 0) is 4.74 Å². The van der Waals surface area contributed by atoms with Crippen molar-refractivity contribution in [1.29, 1.82) is 0 Å². The number of nitrogens with zero attached hydrogens (tertiary/aromatic N) is 1. The normalized spacial score (nSPS) is 24.2. The molecule has 0 aliphatic carbocycles. The average molecular weight is 187 g/mol. The molecule has 1 heterocycles. The Morgan fingerprint density at radius 1 is 1.54 bits per heavy atom. The number of aliphatic hydroxyl groups is 1. The highest BCUT2D eigenvalue weighted by molar-refractivity contribution is 4.78. The van der Waals surface area contributed by atoms with Crippen LogP contribution < -0.4 is 0 Å². The van der Waals surface area contributed by atoms with Crippen LogP contribution in [0.15, 0.2) is 0 Å². The predicted octanol–water partition coefficient (Wildman–Crippen LogP) is 0.726. The molecule has 3 heteroatoms. The summed E-state index contributed by atoms with van der Waals surface area (Å²) < 4.78 is 5.32. The van der Waals surface area contributed by atoms with E-state index in [-0.39, 0.29) is 12.0 Å². The smallest absolute Gasteiger partial charge is 0.0622 e. The van der Waals surface area contributed by atoms with Gasteiger partial charge >= 0.3 is 0 Å². The molecule has 78 valence electrons. The monoisotopic (exact) mass is 187 g/mol. The van der Waals surface area contributed by atoms with Gasteiger partial charge in [0.25, 0.3) is 0 Å². The topological polar surface area (TPSA) is 32.7 Å². The third kappa shape index (κ3) is 3.25. The molecule has 0 spiro atoms. The number of aliphatic hydroxyl groups excluding tert-OH is 1. The van der Waals surface area contributed by atoms with E-state index in [4.69, 9.17) is 9.84 Å². The van der Waals surface area contributed by atoms with Gasteiger partial charge in [-0.05, 0) is 13.5 Å². The first kappa shape index (κ1) is 11.0. The number of ether oxygens (including phenoxy) is 1. The first-order chi connectivity index (χ1) is 6.05. The van der Waals surface area contributed by atoms with Crippen molar-refractivity contribution in [2.24, 2.45) is 5.41 Å². The molecule has 1 unspecified atom stereocenters. The molecule has 0 aromatic heterocycles. The lowest BCUT2D eigenvalue weighted by molar-refractivity contribution is 0.0872. The maximum absolute atomic E-state index is 9.13. The lowest BCUT2D eigenvalue weighted by Crippen LogP contribution is -2.40. The molecule has 1 rings (SSSR count). The van der Waals surface area contributed by atoms with E-state index in [0.29, 0.717) is 6.04 Å². The first-order valence-electron chi connectivity index (χ1n) is 4.94. The van der Waals surface area contributed by atoms with Crippen molar-refractivity contribution < 1.29 is 9.84 Å². The molecule has 0 saturated carbocycles. The van der Waals surface area contributed by atoms with Crippen molar-refractivity contribution in [1.82, 2.24) is 4.90 Å². The van der Waals surface area contributed by atoms with E-state index >= 15 is 0 Å². The maximum Gasteiger partial charge on any atom is 0.0622 e. The van der Waals surface area contributed by atoms with Gasteiger partial charge in [0.15, 0.2) is 0 Å². The van der Waals surface area contributed by atoms with Gasteiger partial charge in [-0.2, -0.15) is 0 Å². The molecule has 0 aromatic rings. The number of hydrogen-bond acceptors (Lipinski definition) is 3. The van der Waals surface area contributed by atoms with Gasteiger partial charge in [0, 0.05) is 31.2 Å². The minimum Gasteiger partial charge on any atom is -0.396 e. The molecule has 1 aliphatic rings. The summed E-state index contributed by atoms with van der Waals surface area (Å²) in [6, 6.07) is 0.547. The van der Waals surface area contributed by atoms with Crippen LogP contribution in [0.3, 0.4) is 0 Å². The number of rotatable bonds is 4. The Labute approximate surface area is 80.7 Å². The molecule has 1 saturated heterocycles. The van der Waals surface area contributed by atoms with E-state index in [9.17, 15) is 0 Å². The second-order valence-electron chi connectivity index (χ2n) is 4.75. The van der Waals surface area contributed by atoms with Gasteiger partial charge in [0.05, 0.1) is 6.61 Å². The highest BCUT2D eigenvalue weighted by Crippen LogP contribution is 2.19. The minimum absolute atomic E-state index is 0.00264. The van der Waals surface area contributed by atoms with E-state index < -0.39 is 0 Å². The van der Waals surface area contributed by atoms with Crippen LogP contribution in [-0.4, -0.2) is 49.5 Å². The van der Waals surface area contributed by atoms with Crippen molar-refractivity contribution in [3.05, 3.63) is 0 Å². The Hall–Kier alpha value is -0.120. The van der Waals surface area contributed by atoms with Crippen LogP contribution in [0.2, 0.25) is 0 Å². The lowest BCUT2D eigenvalue weighted by Gasteiger charge is -2.31. The van der Waals surface area contributed by atoms with Gasteiger partial charge in [-0.25, -0.2) is 0 Å².